The van der Waals surface area contributed by atoms with Gasteiger partial charge in [-0.15, -0.1) is 0 Å². The van der Waals surface area contributed by atoms with Crippen molar-refractivity contribution >= 4 is 19.2 Å². The lowest BCUT2D eigenvalue weighted by molar-refractivity contribution is 0.200. The van der Waals surface area contributed by atoms with E-state index in [1.54, 1.807) is 13.0 Å². The van der Waals surface area contributed by atoms with E-state index in [0.29, 0.717) is 17.9 Å². The summed E-state index contributed by atoms with van der Waals surface area (Å²) in [6.45, 7) is 1.64. The topological polar surface area (TPSA) is 40.5 Å². The average Bonchev–Trinajstić information content (AvgIpc) is 2.79. The SMILES string of the molecule is CC(O)c1cc(F)ccc1Pc1cc(CC2C=CC=CC2)cc(Cc2ccccc2)c1O. The van der Waals surface area contributed by atoms with Crippen LogP contribution in [0.4, 0.5) is 4.39 Å². The fourth-order valence-corrected chi connectivity index (χ4v) is 5.57. The molecule has 3 unspecified atom stereocenters. The van der Waals surface area contributed by atoms with Crippen molar-refractivity contribution in [3.63, 3.8) is 0 Å². The van der Waals surface area contributed by atoms with E-state index in [0.717, 1.165) is 34.6 Å². The van der Waals surface area contributed by atoms with Crippen molar-refractivity contribution in [3.05, 3.63) is 113 Å². The first-order chi connectivity index (χ1) is 15.5. The Morgan fingerprint density at radius 3 is 2.53 bits per heavy atom. The number of phenols is 1. The summed E-state index contributed by atoms with van der Waals surface area (Å²) >= 11 is 0. The Balaban J connectivity index is 1.71. The number of rotatable bonds is 7. The van der Waals surface area contributed by atoms with Gasteiger partial charge in [-0.2, -0.15) is 0 Å². The summed E-state index contributed by atoms with van der Waals surface area (Å²) in [5, 5.41) is 23.0. The molecule has 0 amide bonds. The molecule has 1 aliphatic carbocycles. The molecule has 0 heterocycles. The van der Waals surface area contributed by atoms with Crippen molar-refractivity contribution in [2.75, 3.05) is 0 Å². The van der Waals surface area contributed by atoms with Gasteiger partial charge in [-0.1, -0.05) is 75.3 Å². The third-order valence-electron chi connectivity index (χ3n) is 5.79. The van der Waals surface area contributed by atoms with Crippen LogP contribution < -0.4 is 10.6 Å². The van der Waals surface area contributed by atoms with Crippen molar-refractivity contribution < 1.29 is 14.6 Å². The van der Waals surface area contributed by atoms with E-state index < -0.39 is 6.10 Å². The van der Waals surface area contributed by atoms with E-state index in [9.17, 15) is 14.6 Å². The molecule has 0 saturated heterocycles. The zero-order chi connectivity index (χ0) is 22.5. The predicted molar refractivity (Wildman–Crippen MR) is 132 cm³/mol. The van der Waals surface area contributed by atoms with E-state index in [1.165, 1.54) is 17.7 Å². The summed E-state index contributed by atoms with van der Waals surface area (Å²) in [6.07, 6.45) is 10.4. The van der Waals surface area contributed by atoms with Crippen molar-refractivity contribution in [1.82, 2.24) is 0 Å². The number of aliphatic hydroxyl groups excluding tert-OH is 1. The third-order valence-corrected chi connectivity index (χ3v) is 7.16. The molecule has 3 atom stereocenters. The molecule has 4 heteroatoms. The summed E-state index contributed by atoms with van der Waals surface area (Å²) in [4.78, 5) is 0. The molecule has 2 N–H and O–H groups in total. The van der Waals surface area contributed by atoms with E-state index in [-0.39, 0.29) is 20.1 Å². The summed E-state index contributed by atoms with van der Waals surface area (Å²) < 4.78 is 13.8. The second kappa shape index (κ2) is 10.3. The summed E-state index contributed by atoms with van der Waals surface area (Å²) in [5.74, 6) is 0.356. The van der Waals surface area contributed by atoms with Gasteiger partial charge >= 0.3 is 0 Å². The summed E-state index contributed by atoms with van der Waals surface area (Å²) in [7, 11) is 0.121. The smallest absolute Gasteiger partial charge is 0.126 e. The lowest BCUT2D eigenvalue weighted by atomic mass is 9.91. The van der Waals surface area contributed by atoms with E-state index in [4.69, 9.17) is 0 Å². The monoisotopic (exact) mass is 446 g/mol. The van der Waals surface area contributed by atoms with Crippen LogP contribution >= 0.6 is 8.58 Å². The van der Waals surface area contributed by atoms with Gasteiger partial charge < -0.3 is 10.2 Å². The minimum absolute atomic E-state index is 0.121. The van der Waals surface area contributed by atoms with Crippen LogP contribution in [0.15, 0.2) is 85.0 Å². The number of hydrogen-bond acceptors (Lipinski definition) is 2. The number of phenolic OH excluding ortho intramolecular Hbond substituents is 1. The highest BCUT2D eigenvalue weighted by Crippen LogP contribution is 2.30. The molecule has 1 aliphatic rings. The molecular weight excluding hydrogens is 418 g/mol. The highest BCUT2D eigenvalue weighted by Gasteiger charge is 2.17. The highest BCUT2D eigenvalue weighted by atomic mass is 31.1. The molecule has 0 aromatic heterocycles. The van der Waals surface area contributed by atoms with Crippen LogP contribution in [0.1, 0.15) is 41.7 Å². The van der Waals surface area contributed by atoms with Gasteiger partial charge in [-0.25, -0.2) is 4.39 Å². The Morgan fingerprint density at radius 2 is 1.81 bits per heavy atom. The third kappa shape index (κ3) is 5.54. The van der Waals surface area contributed by atoms with Gasteiger partial charge in [0, 0.05) is 11.7 Å². The second-order valence-electron chi connectivity index (χ2n) is 8.36. The van der Waals surface area contributed by atoms with Gasteiger partial charge in [-0.05, 0) is 71.4 Å². The standard InChI is InChI=1S/C28H28FO2P/c1-19(30)25-18-24(29)12-13-26(25)32-27-17-22(14-20-8-4-2-5-9-20)16-23(28(27)31)15-21-10-6-3-7-11-21/h2-8,10-13,16-20,30-32H,9,14-15H2,1H3. The summed E-state index contributed by atoms with van der Waals surface area (Å²) in [5.41, 5.74) is 3.79. The zero-order valence-electron chi connectivity index (χ0n) is 18.1. The molecule has 164 valence electrons. The van der Waals surface area contributed by atoms with Crippen molar-refractivity contribution in [3.8, 4) is 5.75 Å². The quantitative estimate of drug-likeness (QED) is 0.472. The lowest BCUT2D eigenvalue weighted by Gasteiger charge is -2.18. The average molecular weight is 447 g/mol. The maximum absolute atomic E-state index is 13.8. The van der Waals surface area contributed by atoms with Gasteiger partial charge in [-0.3, -0.25) is 0 Å². The van der Waals surface area contributed by atoms with Crippen LogP contribution in [-0.2, 0) is 12.8 Å². The molecule has 3 aromatic carbocycles. The summed E-state index contributed by atoms with van der Waals surface area (Å²) in [6, 6.07) is 18.8. The van der Waals surface area contributed by atoms with E-state index in [2.05, 4.69) is 48.6 Å². The van der Waals surface area contributed by atoms with Crippen LogP contribution in [0.3, 0.4) is 0 Å². The Bertz CT molecular complexity index is 1140. The number of benzene rings is 3. The van der Waals surface area contributed by atoms with E-state index >= 15 is 0 Å². The minimum Gasteiger partial charge on any atom is -0.507 e. The van der Waals surface area contributed by atoms with Crippen molar-refractivity contribution in [2.45, 2.75) is 32.3 Å². The normalized spacial score (nSPS) is 16.7. The zero-order valence-corrected chi connectivity index (χ0v) is 19.1. The van der Waals surface area contributed by atoms with Gasteiger partial charge in [0.1, 0.15) is 11.6 Å². The molecule has 4 rings (SSSR count). The lowest BCUT2D eigenvalue weighted by Crippen LogP contribution is -2.14. The minimum atomic E-state index is -0.776. The molecule has 0 spiro atoms. The number of aliphatic hydroxyl groups is 1. The van der Waals surface area contributed by atoms with Gasteiger partial charge in [0.25, 0.3) is 0 Å². The second-order valence-corrected chi connectivity index (χ2v) is 9.69. The number of hydrogen-bond donors (Lipinski definition) is 2. The van der Waals surface area contributed by atoms with Crippen molar-refractivity contribution in [2.24, 2.45) is 5.92 Å². The molecule has 0 radical (unpaired) electrons. The fraction of sp³-hybridized carbons (Fsp3) is 0.214. The largest absolute Gasteiger partial charge is 0.507 e. The molecule has 0 fully saturated rings. The molecule has 0 saturated carbocycles. The molecular formula is C28H28FO2P. The maximum atomic E-state index is 13.8. The van der Waals surface area contributed by atoms with Crippen LogP contribution in [0.2, 0.25) is 0 Å². The van der Waals surface area contributed by atoms with Crippen LogP contribution in [0, 0.1) is 11.7 Å². The Hall–Kier alpha value is -2.74. The van der Waals surface area contributed by atoms with Crippen LogP contribution in [0.25, 0.3) is 0 Å². The van der Waals surface area contributed by atoms with Gasteiger partial charge in [0.2, 0.25) is 0 Å². The van der Waals surface area contributed by atoms with Crippen molar-refractivity contribution in [1.29, 1.82) is 0 Å². The highest BCUT2D eigenvalue weighted by molar-refractivity contribution is 7.55. The molecule has 0 bridgehead atoms. The van der Waals surface area contributed by atoms with Gasteiger partial charge in [0.15, 0.2) is 0 Å². The van der Waals surface area contributed by atoms with Crippen LogP contribution in [0.5, 0.6) is 5.75 Å². The fourth-order valence-electron chi connectivity index (χ4n) is 4.15. The molecule has 2 nitrogen and oxygen atoms in total. The maximum Gasteiger partial charge on any atom is 0.126 e. The first kappa shape index (κ1) is 22.5. The van der Waals surface area contributed by atoms with E-state index in [1.807, 2.05) is 18.2 Å². The molecule has 0 aliphatic heterocycles. The Morgan fingerprint density at radius 1 is 1.00 bits per heavy atom. The molecule has 32 heavy (non-hydrogen) atoms. The number of halogens is 1. The Kier molecular flexibility index (Phi) is 7.19. The number of aromatic hydroxyl groups is 1. The number of allylic oxidation sites excluding steroid dienone is 4. The van der Waals surface area contributed by atoms with Gasteiger partial charge in [0.05, 0.1) is 6.10 Å². The Labute approximate surface area is 190 Å². The molecule has 3 aromatic rings. The first-order valence-electron chi connectivity index (χ1n) is 11.0. The van der Waals surface area contributed by atoms with Crippen LogP contribution in [-0.4, -0.2) is 10.2 Å². The predicted octanol–water partition coefficient (Wildman–Crippen LogP) is 5.48. The first-order valence-corrected chi connectivity index (χ1v) is 12.0.